The Kier molecular flexibility index (Phi) is 4.25. The van der Waals surface area contributed by atoms with Gasteiger partial charge in [-0.15, -0.1) is 0 Å². The standard InChI is InChI=1S/C17H22N2O2/c1-21-14-7-4-13(5-8-14)6-9-17(20)18-15-10-12-19-11-2-3-16(15)19/h4-9,15-16H,2-3,10-12H2,1H3,(H,18,20)/t15-,16-/m0/s1. The number of benzene rings is 1. The van der Waals surface area contributed by atoms with E-state index in [4.69, 9.17) is 4.74 Å². The molecule has 3 rings (SSSR count). The number of amides is 1. The Balaban J connectivity index is 1.54. The van der Waals surface area contributed by atoms with Crippen molar-refractivity contribution in [2.45, 2.75) is 31.3 Å². The van der Waals surface area contributed by atoms with Crippen molar-refractivity contribution in [2.24, 2.45) is 0 Å². The first-order chi connectivity index (χ1) is 10.3. The van der Waals surface area contributed by atoms with Gasteiger partial charge in [0.15, 0.2) is 0 Å². The van der Waals surface area contributed by atoms with Gasteiger partial charge in [-0.3, -0.25) is 9.69 Å². The number of hydrogen-bond acceptors (Lipinski definition) is 3. The van der Waals surface area contributed by atoms with Gasteiger partial charge in [0.05, 0.1) is 7.11 Å². The molecule has 1 amide bonds. The number of rotatable bonds is 4. The van der Waals surface area contributed by atoms with Gasteiger partial charge < -0.3 is 10.1 Å². The van der Waals surface area contributed by atoms with E-state index in [1.807, 2.05) is 30.3 Å². The minimum Gasteiger partial charge on any atom is -0.497 e. The van der Waals surface area contributed by atoms with E-state index in [1.54, 1.807) is 13.2 Å². The van der Waals surface area contributed by atoms with Crippen LogP contribution in [-0.4, -0.2) is 43.1 Å². The van der Waals surface area contributed by atoms with E-state index in [1.165, 1.54) is 19.4 Å². The molecule has 1 N–H and O–H groups in total. The molecule has 0 aliphatic carbocycles. The minimum atomic E-state index is 0.00423. The molecule has 2 atom stereocenters. The van der Waals surface area contributed by atoms with Crippen LogP contribution in [0, 0.1) is 0 Å². The molecular formula is C17H22N2O2. The first-order valence-electron chi connectivity index (χ1n) is 7.63. The highest BCUT2D eigenvalue weighted by molar-refractivity contribution is 5.92. The van der Waals surface area contributed by atoms with Crippen LogP contribution in [0.4, 0.5) is 0 Å². The molecule has 1 aromatic carbocycles. The lowest BCUT2D eigenvalue weighted by molar-refractivity contribution is -0.117. The topological polar surface area (TPSA) is 41.6 Å². The highest BCUT2D eigenvalue weighted by Crippen LogP contribution is 2.27. The molecule has 4 nitrogen and oxygen atoms in total. The Morgan fingerprint density at radius 2 is 2.10 bits per heavy atom. The normalized spacial score (nSPS) is 25.2. The minimum absolute atomic E-state index is 0.00423. The highest BCUT2D eigenvalue weighted by atomic mass is 16.5. The number of ether oxygens (including phenoxy) is 1. The lowest BCUT2D eigenvalue weighted by Gasteiger charge is -2.20. The summed E-state index contributed by atoms with van der Waals surface area (Å²) in [5, 5.41) is 3.15. The zero-order valence-electron chi connectivity index (χ0n) is 12.4. The fourth-order valence-corrected chi connectivity index (χ4v) is 3.37. The summed E-state index contributed by atoms with van der Waals surface area (Å²) in [6.45, 7) is 2.32. The van der Waals surface area contributed by atoms with Crippen molar-refractivity contribution in [2.75, 3.05) is 20.2 Å². The van der Waals surface area contributed by atoms with Gasteiger partial charge in [-0.1, -0.05) is 12.1 Å². The molecule has 2 aliphatic heterocycles. The summed E-state index contributed by atoms with van der Waals surface area (Å²) in [5.74, 6) is 0.827. The van der Waals surface area contributed by atoms with Crippen LogP contribution in [0.5, 0.6) is 5.75 Å². The molecule has 2 fully saturated rings. The number of fused-ring (bicyclic) bond motifs is 1. The van der Waals surface area contributed by atoms with Crippen molar-refractivity contribution in [3.8, 4) is 5.75 Å². The molecule has 0 unspecified atom stereocenters. The zero-order valence-corrected chi connectivity index (χ0v) is 12.4. The molecule has 21 heavy (non-hydrogen) atoms. The summed E-state index contributed by atoms with van der Waals surface area (Å²) in [6, 6.07) is 8.55. The van der Waals surface area contributed by atoms with Crippen molar-refractivity contribution < 1.29 is 9.53 Å². The van der Waals surface area contributed by atoms with E-state index in [9.17, 15) is 4.79 Å². The van der Waals surface area contributed by atoms with Crippen LogP contribution in [0.2, 0.25) is 0 Å². The summed E-state index contributed by atoms with van der Waals surface area (Å²) in [6.07, 6.45) is 7.02. The SMILES string of the molecule is COc1ccc(C=CC(=O)N[C@H]2CCN3CCC[C@@H]23)cc1. The lowest BCUT2D eigenvalue weighted by atomic mass is 10.1. The van der Waals surface area contributed by atoms with Crippen molar-refractivity contribution in [3.05, 3.63) is 35.9 Å². The Bertz CT molecular complexity index is 524. The molecule has 4 heteroatoms. The van der Waals surface area contributed by atoms with Crippen LogP contribution < -0.4 is 10.1 Å². The summed E-state index contributed by atoms with van der Waals surface area (Å²) in [7, 11) is 1.65. The zero-order chi connectivity index (χ0) is 14.7. The Morgan fingerprint density at radius 3 is 2.86 bits per heavy atom. The average Bonchev–Trinajstić information content (AvgIpc) is 3.11. The van der Waals surface area contributed by atoms with E-state index in [-0.39, 0.29) is 5.91 Å². The molecular weight excluding hydrogens is 264 g/mol. The molecule has 0 spiro atoms. The molecule has 0 radical (unpaired) electrons. The summed E-state index contributed by atoms with van der Waals surface area (Å²) >= 11 is 0. The molecule has 2 saturated heterocycles. The smallest absolute Gasteiger partial charge is 0.244 e. The van der Waals surface area contributed by atoms with Crippen molar-refractivity contribution >= 4 is 12.0 Å². The monoisotopic (exact) mass is 286 g/mol. The molecule has 0 aromatic heterocycles. The summed E-state index contributed by atoms with van der Waals surface area (Å²) < 4.78 is 5.12. The number of methoxy groups -OCH3 is 1. The number of carbonyl (C=O) groups is 1. The third kappa shape index (κ3) is 3.27. The molecule has 0 bridgehead atoms. The molecule has 0 saturated carbocycles. The second-order valence-corrected chi connectivity index (χ2v) is 5.76. The quantitative estimate of drug-likeness (QED) is 0.862. The fraction of sp³-hybridized carbons (Fsp3) is 0.471. The van der Waals surface area contributed by atoms with Crippen LogP contribution in [-0.2, 0) is 4.79 Å². The first-order valence-corrected chi connectivity index (χ1v) is 7.63. The van der Waals surface area contributed by atoms with Crippen LogP contribution in [0.3, 0.4) is 0 Å². The Hall–Kier alpha value is -1.81. The molecule has 2 heterocycles. The van der Waals surface area contributed by atoms with Crippen LogP contribution in [0.1, 0.15) is 24.8 Å². The van der Waals surface area contributed by atoms with Crippen molar-refractivity contribution in [1.29, 1.82) is 0 Å². The number of nitrogens with one attached hydrogen (secondary N) is 1. The van der Waals surface area contributed by atoms with Crippen molar-refractivity contribution in [3.63, 3.8) is 0 Å². The number of hydrogen-bond donors (Lipinski definition) is 1. The van der Waals surface area contributed by atoms with E-state index in [0.717, 1.165) is 24.3 Å². The third-order valence-corrected chi connectivity index (χ3v) is 4.48. The number of nitrogens with zero attached hydrogens (tertiary/aromatic N) is 1. The average molecular weight is 286 g/mol. The molecule has 1 aromatic rings. The van der Waals surface area contributed by atoms with Crippen LogP contribution in [0.15, 0.2) is 30.3 Å². The number of carbonyl (C=O) groups excluding carboxylic acids is 1. The van der Waals surface area contributed by atoms with Gasteiger partial charge >= 0.3 is 0 Å². The van der Waals surface area contributed by atoms with Crippen molar-refractivity contribution in [1.82, 2.24) is 10.2 Å². The second-order valence-electron chi connectivity index (χ2n) is 5.76. The van der Waals surface area contributed by atoms with Gasteiger partial charge in [-0.05, 0) is 49.6 Å². The predicted octanol–water partition coefficient (Wildman–Crippen LogP) is 2.06. The van der Waals surface area contributed by atoms with Gasteiger partial charge in [0.1, 0.15) is 5.75 Å². The molecule has 2 aliphatic rings. The van der Waals surface area contributed by atoms with Gasteiger partial charge in [-0.2, -0.15) is 0 Å². The Morgan fingerprint density at radius 1 is 1.29 bits per heavy atom. The lowest BCUT2D eigenvalue weighted by Crippen LogP contribution is -2.41. The first kappa shape index (κ1) is 14.1. The maximum atomic E-state index is 12.0. The summed E-state index contributed by atoms with van der Waals surface area (Å²) in [4.78, 5) is 14.5. The van der Waals surface area contributed by atoms with E-state index < -0.39 is 0 Å². The largest absolute Gasteiger partial charge is 0.497 e. The van der Waals surface area contributed by atoms with Gasteiger partial charge in [0.2, 0.25) is 5.91 Å². The molecule has 112 valence electrons. The van der Waals surface area contributed by atoms with E-state index in [0.29, 0.717) is 12.1 Å². The van der Waals surface area contributed by atoms with Crippen LogP contribution >= 0.6 is 0 Å². The predicted molar refractivity (Wildman–Crippen MR) is 83.2 cm³/mol. The highest BCUT2D eigenvalue weighted by Gasteiger charge is 2.37. The maximum Gasteiger partial charge on any atom is 0.244 e. The fourth-order valence-electron chi connectivity index (χ4n) is 3.37. The summed E-state index contributed by atoms with van der Waals surface area (Å²) in [5.41, 5.74) is 1.000. The van der Waals surface area contributed by atoms with E-state index >= 15 is 0 Å². The second kappa shape index (κ2) is 6.31. The van der Waals surface area contributed by atoms with E-state index in [2.05, 4.69) is 10.2 Å². The van der Waals surface area contributed by atoms with Gasteiger partial charge in [-0.25, -0.2) is 0 Å². The maximum absolute atomic E-state index is 12.0. The Labute approximate surface area is 125 Å². The van der Waals surface area contributed by atoms with Crippen LogP contribution in [0.25, 0.3) is 6.08 Å². The van der Waals surface area contributed by atoms with Gasteiger partial charge in [0.25, 0.3) is 0 Å². The van der Waals surface area contributed by atoms with Gasteiger partial charge in [0, 0.05) is 24.7 Å². The third-order valence-electron chi connectivity index (χ3n) is 4.48.